The van der Waals surface area contributed by atoms with Crippen LogP contribution in [0, 0.1) is 0 Å². The van der Waals surface area contributed by atoms with Crippen LogP contribution in [0.1, 0.15) is 19.3 Å². The van der Waals surface area contributed by atoms with Crippen molar-refractivity contribution in [3.8, 4) is 0 Å². The summed E-state index contributed by atoms with van der Waals surface area (Å²) in [6.07, 6.45) is 2.27. The van der Waals surface area contributed by atoms with Crippen LogP contribution >= 0.6 is 0 Å². The highest BCUT2D eigenvalue weighted by molar-refractivity contribution is 4.62. The molecule has 0 aromatic heterocycles. The molecule has 0 aliphatic carbocycles. The molecule has 4 heteroatoms. The minimum Gasteiger partial charge on any atom is -0.376 e. The zero-order valence-corrected chi connectivity index (χ0v) is 6.53. The van der Waals surface area contributed by atoms with E-state index in [1.165, 1.54) is 6.42 Å². The van der Waals surface area contributed by atoms with Gasteiger partial charge in [0.2, 0.25) is 6.41 Å². The highest BCUT2D eigenvalue weighted by Gasteiger charge is 2.14. The first kappa shape index (κ1) is 8.93. The van der Waals surface area contributed by atoms with Gasteiger partial charge < -0.3 is 14.6 Å². The molecule has 3 N–H and O–H groups in total. The van der Waals surface area contributed by atoms with Crippen LogP contribution in [-0.2, 0) is 9.47 Å². The predicted molar refractivity (Wildman–Crippen MR) is 39.7 cm³/mol. The third-order valence-corrected chi connectivity index (χ3v) is 1.73. The van der Waals surface area contributed by atoms with Gasteiger partial charge in [-0.3, -0.25) is 5.73 Å². The van der Waals surface area contributed by atoms with Gasteiger partial charge in [0.1, 0.15) is 0 Å². The lowest BCUT2D eigenvalue weighted by atomic mass is 10.1. The SMILES string of the molecule is NC(O)OC[C@@H]1CCCCO1. The lowest BCUT2D eigenvalue weighted by molar-refractivity contribution is -0.133. The molecule has 1 rings (SSSR count). The number of aliphatic hydroxyl groups excluding tert-OH is 1. The molecule has 66 valence electrons. The minimum atomic E-state index is -1.17. The summed E-state index contributed by atoms with van der Waals surface area (Å²) in [5, 5.41) is 8.58. The summed E-state index contributed by atoms with van der Waals surface area (Å²) in [5.41, 5.74) is 4.99. The monoisotopic (exact) mass is 161 g/mol. The summed E-state index contributed by atoms with van der Waals surface area (Å²) in [6, 6.07) is 0. The number of rotatable bonds is 3. The molecule has 1 heterocycles. The molecular weight excluding hydrogens is 146 g/mol. The van der Waals surface area contributed by atoms with E-state index >= 15 is 0 Å². The van der Waals surface area contributed by atoms with Crippen LogP contribution in [0.2, 0.25) is 0 Å². The molecule has 0 aromatic rings. The van der Waals surface area contributed by atoms with Crippen molar-refractivity contribution in [1.82, 2.24) is 0 Å². The molecule has 0 saturated carbocycles. The average molecular weight is 161 g/mol. The van der Waals surface area contributed by atoms with E-state index in [9.17, 15) is 0 Å². The molecule has 1 unspecified atom stereocenters. The van der Waals surface area contributed by atoms with E-state index in [1.54, 1.807) is 0 Å². The Morgan fingerprint density at radius 2 is 2.45 bits per heavy atom. The topological polar surface area (TPSA) is 64.7 Å². The van der Waals surface area contributed by atoms with Gasteiger partial charge in [0.05, 0.1) is 12.7 Å². The van der Waals surface area contributed by atoms with Crippen molar-refractivity contribution < 1.29 is 14.6 Å². The fourth-order valence-electron chi connectivity index (χ4n) is 1.14. The zero-order chi connectivity index (χ0) is 8.10. The van der Waals surface area contributed by atoms with E-state index in [0.29, 0.717) is 6.61 Å². The molecule has 0 spiro atoms. The van der Waals surface area contributed by atoms with E-state index in [2.05, 4.69) is 0 Å². The first-order valence-electron chi connectivity index (χ1n) is 3.96. The van der Waals surface area contributed by atoms with Crippen LogP contribution in [0.15, 0.2) is 0 Å². The Labute approximate surface area is 66.3 Å². The molecule has 4 nitrogen and oxygen atoms in total. The Balaban J connectivity index is 2.05. The molecule has 0 bridgehead atoms. The van der Waals surface area contributed by atoms with Crippen LogP contribution < -0.4 is 5.73 Å². The van der Waals surface area contributed by atoms with Gasteiger partial charge in [-0.25, -0.2) is 0 Å². The Hall–Kier alpha value is -0.160. The van der Waals surface area contributed by atoms with Crippen molar-refractivity contribution in [2.75, 3.05) is 13.2 Å². The standard InChI is InChI=1S/C7H15NO3/c8-7(9)11-5-6-3-1-2-4-10-6/h6-7,9H,1-5,8H2/t6-,7?/m0/s1. The van der Waals surface area contributed by atoms with Crippen LogP contribution in [0.3, 0.4) is 0 Å². The first-order chi connectivity index (χ1) is 5.29. The largest absolute Gasteiger partial charge is 0.376 e. The summed E-state index contributed by atoms with van der Waals surface area (Å²) in [6.45, 7) is 1.20. The maximum absolute atomic E-state index is 8.58. The number of aliphatic hydroxyl groups is 1. The molecule has 1 saturated heterocycles. The van der Waals surface area contributed by atoms with E-state index in [1.807, 2.05) is 0 Å². The molecule has 1 fully saturated rings. The van der Waals surface area contributed by atoms with Crippen molar-refractivity contribution >= 4 is 0 Å². The van der Waals surface area contributed by atoms with Gasteiger partial charge in [0, 0.05) is 6.61 Å². The van der Waals surface area contributed by atoms with Crippen molar-refractivity contribution in [1.29, 1.82) is 0 Å². The Morgan fingerprint density at radius 3 is 3.00 bits per heavy atom. The highest BCUT2D eigenvalue weighted by Crippen LogP contribution is 2.12. The van der Waals surface area contributed by atoms with E-state index in [0.717, 1.165) is 19.4 Å². The van der Waals surface area contributed by atoms with Gasteiger partial charge in [-0.05, 0) is 19.3 Å². The van der Waals surface area contributed by atoms with Gasteiger partial charge >= 0.3 is 0 Å². The number of ether oxygens (including phenoxy) is 2. The lowest BCUT2D eigenvalue weighted by Gasteiger charge is -2.22. The molecule has 1 aliphatic rings. The van der Waals surface area contributed by atoms with Crippen molar-refractivity contribution in [3.05, 3.63) is 0 Å². The average Bonchev–Trinajstić information content (AvgIpc) is 2.03. The second kappa shape index (κ2) is 4.66. The van der Waals surface area contributed by atoms with E-state index in [4.69, 9.17) is 20.3 Å². The summed E-state index contributed by atoms with van der Waals surface area (Å²) in [7, 11) is 0. The highest BCUT2D eigenvalue weighted by atomic mass is 16.6. The number of nitrogens with two attached hydrogens (primary N) is 1. The lowest BCUT2D eigenvalue weighted by Crippen LogP contribution is -2.31. The Morgan fingerprint density at radius 1 is 1.64 bits per heavy atom. The van der Waals surface area contributed by atoms with Gasteiger partial charge in [0.15, 0.2) is 0 Å². The minimum absolute atomic E-state index is 0.127. The third kappa shape index (κ3) is 3.67. The fraction of sp³-hybridized carbons (Fsp3) is 1.00. The van der Waals surface area contributed by atoms with Crippen LogP contribution in [0.4, 0.5) is 0 Å². The first-order valence-corrected chi connectivity index (χ1v) is 3.96. The maximum Gasteiger partial charge on any atom is 0.210 e. The van der Waals surface area contributed by atoms with Crippen molar-refractivity contribution in [2.45, 2.75) is 31.8 Å². The summed E-state index contributed by atoms with van der Waals surface area (Å²) < 4.78 is 10.1. The normalized spacial score (nSPS) is 28.4. The Kier molecular flexibility index (Phi) is 3.79. The van der Waals surface area contributed by atoms with Crippen LogP contribution in [0.25, 0.3) is 0 Å². The summed E-state index contributed by atoms with van der Waals surface area (Å²) in [4.78, 5) is 0. The number of hydrogen-bond acceptors (Lipinski definition) is 4. The van der Waals surface area contributed by atoms with E-state index < -0.39 is 6.41 Å². The fourth-order valence-corrected chi connectivity index (χ4v) is 1.14. The van der Waals surface area contributed by atoms with Crippen LogP contribution in [-0.4, -0.2) is 30.8 Å². The quantitative estimate of drug-likeness (QED) is 0.563. The molecule has 0 radical (unpaired) electrons. The molecule has 1 aliphatic heterocycles. The molecule has 2 atom stereocenters. The Bertz CT molecular complexity index is 102. The van der Waals surface area contributed by atoms with Crippen LogP contribution in [0.5, 0.6) is 0 Å². The smallest absolute Gasteiger partial charge is 0.210 e. The summed E-state index contributed by atoms with van der Waals surface area (Å²) >= 11 is 0. The zero-order valence-electron chi connectivity index (χ0n) is 6.53. The predicted octanol–water partition coefficient (Wildman–Crippen LogP) is -0.193. The third-order valence-electron chi connectivity index (χ3n) is 1.73. The maximum atomic E-state index is 8.58. The second-order valence-corrected chi connectivity index (χ2v) is 2.71. The van der Waals surface area contributed by atoms with Gasteiger partial charge in [0.25, 0.3) is 0 Å². The van der Waals surface area contributed by atoms with Gasteiger partial charge in [-0.15, -0.1) is 0 Å². The van der Waals surface area contributed by atoms with Gasteiger partial charge in [-0.1, -0.05) is 0 Å². The van der Waals surface area contributed by atoms with Crippen molar-refractivity contribution in [2.24, 2.45) is 5.73 Å². The molecule has 0 aromatic carbocycles. The van der Waals surface area contributed by atoms with Crippen molar-refractivity contribution in [3.63, 3.8) is 0 Å². The summed E-state index contributed by atoms with van der Waals surface area (Å²) in [5.74, 6) is 0. The molecule has 11 heavy (non-hydrogen) atoms. The number of hydrogen-bond donors (Lipinski definition) is 2. The molecular formula is C7H15NO3. The van der Waals surface area contributed by atoms with Gasteiger partial charge in [-0.2, -0.15) is 0 Å². The second-order valence-electron chi connectivity index (χ2n) is 2.71. The van der Waals surface area contributed by atoms with E-state index in [-0.39, 0.29) is 6.10 Å². The molecule has 0 amide bonds.